The van der Waals surface area contributed by atoms with Gasteiger partial charge in [0, 0.05) is 12.7 Å². The summed E-state index contributed by atoms with van der Waals surface area (Å²) in [5.41, 5.74) is 0.188. The average Bonchev–Trinajstić information content (AvgIpc) is 2.97. The Morgan fingerprint density at radius 2 is 2.15 bits per heavy atom. The Bertz CT molecular complexity index is 572. The molecule has 0 bridgehead atoms. The first-order valence-corrected chi connectivity index (χ1v) is 8.07. The van der Waals surface area contributed by atoms with Crippen molar-refractivity contribution in [3.8, 4) is 6.07 Å². The van der Waals surface area contributed by atoms with E-state index in [4.69, 9.17) is 10.00 Å². The second kappa shape index (κ2) is 6.79. The molecule has 1 aromatic rings. The zero-order chi connectivity index (χ0) is 14.4. The number of ether oxygens (including phenoxy) is 1. The Hall–Kier alpha value is -1.49. The van der Waals surface area contributed by atoms with Crippen LogP contribution in [-0.4, -0.2) is 32.7 Å². The van der Waals surface area contributed by atoms with Gasteiger partial charge in [0.1, 0.15) is 16.7 Å². The van der Waals surface area contributed by atoms with Crippen LogP contribution in [0.2, 0.25) is 0 Å². The highest BCUT2D eigenvalue weighted by Gasteiger charge is 2.17. The van der Waals surface area contributed by atoms with Gasteiger partial charge in [0.15, 0.2) is 0 Å². The van der Waals surface area contributed by atoms with Crippen molar-refractivity contribution in [2.45, 2.75) is 36.7 Å². The molecule has 0 unspecified atom stereocenters. The van der Waals surface area contributed by atoms with Crippen molar-refractivity contribution in [1.29, 1.82) is 5.26 Å². The largest absolute Gasteiger partial charge is 0.377 e. The van der Waals surface area contributed by atoms with Crippen LogP contribution in [0.15, 0.2) is 23.2 Å². The number of aromatic nitrogens is 1. The van der Waals surface area contributed by atoms with E-state index in [1.165, 1.54) is 31.2 Å². The van der Waals surface area contributed by atoms with E-state index in [2.05, 4.69) is 9.71 Å². The molecule has 1 saturated carbocycles. The van der Waals surface area contributed by atoms with Crippen molar-refractivity contribution in [2.75, 3.05) is 13.2 Å². The zero-order valence-corrected chi connectivity index (χ0v) is 11.9. The molecule has 1 aliphatic carbocycles. The molecule has 20 heavy (non-hydrogen) atoms. The van der Waals surface area contributed by atoms with Gasteiger partial charge in [-0.15, -0.1) is 0 Å². The van der Waals surface area contributed by atoms with Crippen LogP contribution in [0.4, 0.5) is 0 Å². The van der Waals surface area contributed by atoms with E-state index in [1.54, 1.807) is 0 Å². The van der Waals surface area contributed by atoms with Gasteiger partial charge in [-0.2, -0.15) is 5.26 Å². The number of hydrogen-bond acceptors (Lipinski definition) is 5. The Kier molecular flexibility index (Phi) is 5.06. The van der Waals surface area contributed by atoms with Gasteiger partial charge in [0.05, 0.1) is 12.7 Å². The predicted octanol–water partition coefficient (Wildman–Crippen LogP) is 1.19. The molecule has 1 N–H and O–H groups in total. The molecule has 108 valence electrons. The lowest BCUT2D eigenvalue weighted by Gasteiger charge is -2.11. The van der Waals surface area contributed by atoms with E-state index in [1.807, 2.05) is 6.07 Å². The van der Waals surface area contributed by atoms with Gasteiger partial charge in [0.2, 0.25) is 10.0 Å². The smallest absolute Gasteiger partial charge is 0.242 e. The SMILES string of the molecule is N#Cc1ccc(S(=O)(=O)NCCOC2CCCC2)cn1. The zero-order valence-electron chi connectivity index (χ0n) is 11.1. The van der Waals surface area contributed by atoms with Crippen LogP contribution in [0, 0.1) is 11.3 Å². The molecule has 1 fully saturated rings. The van der Waals surface area contributed by atoms with Crippen LogP contribution >= 0.6 is 0 Å². The maximum Gasteiger partial charge on any atom is 0.242 e. The minimum Gasteiger partial charge on any atom is -0.377 e. The second-order valence-corrected chi connectivity index (χ2v) is 6.43. The molecule has 0 radical (unpaired) electrons. The molecular weight excluding hydrogens is 278 g/mol. The maximum atomic E-state index is 11.9. The summed E-state index contributed by atoms with van der Waals surface area (Å²) in [5, 5.41) is 8.61. The van der Waals surface area contributed by atoms with Gasteiger partial charge in [-0.3, -0.25) is 0 Å². The topological polar surface area (TPSA) is 92.1 Å². The van der Waals surface area contributed by atoms with Gasteiger partial charge in [-0.05, 0) is 25.0 Å². The van der Waals surface area contributed by atoms with Crippen LogP contribution in [0.25, 0.3) is 0 Å². The van der Waals surface area contributed by atoms with Crippen LogP contribution in [0.3, 0.4) is 0 Å². The Morgan fingerprint density at radius 3 is 2.75 bits per heavy atom. The summed E-state index contributed by atoms with van der Waals surface area (Å²) in [6, 6.07) is 4.59. The molecule has 1 aliphatic rings. The molecule has 7 heteroatoms. The summed E-state index contributed by atoms with van der Waals surface area (Å²) in [4.78, 5) is 3.80. The standard InChI is InChI=1S/C13H17N3O3S/c14-9-11-5-6-13(10-15-11)20(17,18)16-7-8-19-12-3-1-2-4-12/h5-6,10,12,16H,1-4,7-8H2. The lowest BCUT2D eigenvalue weighted by molar-refractivity contribution is 0.0626. The number of nitrogens with zero attached hydrogens (tertiary/aromatic N) is 2. The van der Waals surface area contributed by atoms with E-state index in [-0.39, 0.29) is 23.2 Å². The number of sulfonamides is 1. The third kappa shape index (κ3) is 4.00. The van der Waals surface area contributed by atoms with Gasteiger partial charge < -0.3 is 4.74 Å². The third-order valence-electron chi connectivity index (χ3n) is 3.21. The molecule has 1 heterocycles. The van der Waals surface area contributed by atoms with Crippen LogP contribution in [0.1, 0.15) is 31.4 Å². The minimum atomic E-state index is -3.58. The molecule has 6 nitrogen and oxygen atoms in total. The maximum absolute atomic E-state index is 11.9. The Balaban J connectivity index is 1.82. The van der Waals surface area contributed by atoms with E-state index in [0.717, 1.165) is 12.8 Å². The molecule has 0 spiro atoms. The van der Waals surface area contributed by atoms with Crippen molar-refractivity contribution in [3.05, 3.63) is 24.0 Å². The highest BCUT2D eigenvalue weighted by molar-refractivity contribution is 7.89. The van der Waals surface area contributed by atoms with Gasteiger partial charge in [-0.1, -0.05) is 12.8 Å². The van der Waals surface area contributed by atoms with Crippen molar-refractivity contribution >= 4 is 10.0 Å². The van der Waals surface area contributed by atoms with Crippen LogP contribution in [-0.2, 0) is 14.8 Å². The summed E-state index contributed by atoms with van der Waals surface area (Å²) < 4.78 is 31.9. The lowest BCUT2D eigenvalue weighted by Crippen LogP contribution is -2.28. The highest BCUT2D eigenvalue weighted by Crippen LogP contribution is 2.20. The summed E-state index contributed by atoms with van der Waals surface area (Å²) in [7, 11) is -3.58. The first kappa shape index (κ1) is 14.9. The van der Waals surface area contributed by atoms with Gasteiger partial charge in [0.25, 0.3) is 0 Å². The van der Waals surface area contributed by atoms with Crippen molar-refractivity contribution in [1.82, 2.24) is 9.71 Å². The molecular formula is C13H17N3O3S. The van der Waals surface area contributed by atoms with Gasteiger partial charge in [-0.25, -0.2) is 18.1 Å². The van der Waals surface area contributed by atoms with E-state index in [0.29, 0.717) is 6.61 Å². The summed E-state index contributed by atoms with van der Waals surface area (Å²) in [6.07, 6.45) is 5.95. The number of nitriles is 1. The molecule has 0 amide bonds. The Morgan fingerprint density at radius 1 is 1.40 bits per heavy atom. The number of nitrogens with one attached hydrogen (secondary N) is 1. The molecule has 1 aromatic heterocycles. The summed E-state index contributed by atoms with van der Waals surface area (Å²) in [6.45, 7) is 0.604. The first-order valence-electron chi connectivity index (χ1n) is 6.59. The van der Waals surface area contributed by atoms with E-state index in [9.17, 15) is 8.42 Å². The quantitative estimate of drug-likeness (QED) is 0.796. The normalized spacial score (nSPS) is 16.1. The lowest BCUT2D eigenvalue weighted by atomic mass is 10.3. The van der Waals surface area contributed by atoms with E-state index < -0.39 is 10.0 Å². The van der Waals surface area contributed by atoms with E-state index >= 15 is 0 Å². The molecule has 0 saturated heterocycles. The van der Waals surface area contributed by atoms with Crippen molar-refractivity contribution in [2.24, 2.45) is 0 Å². The predicted molar refractivity (Wildman–Crippen MR) is 72.3 cm³/mol. The second-order valence-electron chi connectivity index (χ2n) is 4.67. The molecule has 0 atom stereocenters. The first-order chi connectivity index (χ1) is 9.62. The number of pyridine rings is 1. The molecule has 0 aliphatic heterocycles. The average molecular weight is 295 g/mol. The number of rotatable bonds is 6. The highest BCUT2D eigenvalue weighted by atomic mass is 32.2. The van der Waals surface area contributed by atoms with Gasteiger partial charge >= 0.3 is 0 Å². The number of hydrogen-bond donors (Lipinski definition) is 1. The third-order valence-corrected chi connectivity index (χ3v) is 4.66. The fourth-order valence-corrected chi connectivity index (χ4v) is 3.10. The van der Waals surface area contributed by atoms with Crippen LogP contribution in [0.5, 0.6) is 0 Å². The molecule has 0 aromatic carbocycles. The summed E-state index contributed by atoms with van der Waals surface area (Å²) in [5.74, 6) is 0. The molecule has 2 rings (SSSR count). The summed E-state index contributed by atoms with van der Waals surface area (Å²) >= 11 is 0. The van der Waals surface area contributed by atoms with Crippen molar-refractivity contribution in [3.63, 3.8) is 0 Å². The van der Waals surface area contributed by atoms with Crippen molar-refractivity contribution < 1.29 is 13.2 Å². The minimum absolute atomic E-state index is 0.0531. The Labute approximate surface area is 118 Å². The fraction of sp³-hybridized carbons (Fsp3) is 0.538. The monoisotopic (exact) mass is 295 g/mol. The van der Waals surface area contributed by atoms with Crippen LogP contribution < -0.4 is 4.72 Å². The fourth-order valence-electron chi connectivity index (χ4n) is 2.15.